The van der Waals surface area contributed by atoms with Gasteiger partial charge in [-0.05, 0) is 93.4 Å². The fourth-order valence-electron chi connectivity index (χ4n) is 4.47. The van der Waals surface area contributed by atoms with Gasteiger partial charge in [-0.3, -0.25) is 14.7 Å². The smallest absolute Gasteiger partial charge is 0.412 e. The minimum atomic E-state index is -3.48. The number of benzene rings is 3. The molecule has 1 atom stereocenters. The molecule has 0 bridgehead atoms. The number of nitrogens with one attached hydrogen (secondary N) is 3. The lowest BCUT2D eigenvalue weighted by Crippen LogP contribution is -2.27. The highest BCUT2D eigenvalue weighted by molar-refractivity contribution is 7.92. The van der Waals surface area contributed by atoms with Crippen LogP contribution in [0.4, 0.5) is 20.6 Å². The normalized spacial score (nSPS) is 13.1. The molecule has 0 aliphatic carbocycles. The molecule has 250 valence electrons. The SMILES string of the molecule is Cc1ncc(S(=N)(=O)c2ccc(C(=O)Nc3cc(-c4ccc(F)cc4)ccc3NC(=O)OC(C)(C)C)cc2)n1COCC[Si](C)(C)C. The van der Waals surface area contributed by atoms with Crippen molar-refractivity contribution < 1.29 is 27.7 Å². The zero-order chi connectivity index (χ0) is 34.6. The molecule has 0 saturated heterocycles. The molecule has 4 rings (SSSR count). The first-order valence-electron chi connectivity index (χ1n) is 15.1. The molecule has 0 saturated carbocycles. The summed E-state index contributed by atoms with van der Waals surface area (Å²) in [5.41, 5.74) is 1.45. The van der Waals surface area contributed by atoms with Gasteiger partial charge in [0.05, 0.1) is 22.5 Å². The predicted octanol–water partition coefficient (Wildman–Crippen LogP) is 8.37. The van der Waals surface area contributed by atoms with Crippen molar-refractivity contribution >= 4 is 41.2 Å². The van der Waals surface area contributed by atoms with Gasteiger partial charge in [-0.15, -0.1) is 0 Å². The number of hydrogen-bond acceptors (Lipinski definition) is 7. The van der Waals surface area contributed by atoms with Gasteiger partial charge in [0.2, 0.25) is 0 Å². The topological polar surface area (TPSA) is 135 Å². The molecular formula is C34H42FN5O5SSi. The number of nitrogens with zero attached hydrogens (tertiary/aromatic N) is 2. The highest BCUT2D eigenvalue weighted by atomic mass is 32.2. The number of halogens is 1. The number of aryl methyl sites for hydroxylation is 1. The van der Waals surface area contributed by atoms with Crippen LogP contribution in [0.25, 0.3) is 11.1 Å². The molecule has 0 fully saturated rings. The third-order valence-corrected chi connectivity index (χ3v) is 10.6. The maximum Gasteiger partial charge on any atom is 0.412 e. The van der Waals surface area contributed by atoms with Gasteiger partial charge in [0, 0.05) is 20.2 Å². The second-order valence-corrected chi connectivity index (χ2v) is 21.0. The number of aromatic nitrogens is 2. The third-order valence-electron chi connectivity index (χ3n) is 7.06. The van der Waals surface area contributed by atoms with Crippen molar-refractivity contribution in [3.63, 3.8) is 0 Å². The summed E-state index contributed by atoms with van der Waals surface area (Å²) in [7, 11) is -4.77. The average Bonchev–Trinajstić information content (AvgIpc) is 3.36. The van der Waals surface area contributed by atoms with Crippen LogP contribution in [0.1, 0.15) is 37.0 Å². The van der Waals surface area contributed by atoms with E-state index in [0.29, 0.717) is 29.2 Å². The van der Waals surface area contributed by atoms with E-state index in [9.17, 15) is 18.2 Å². The summed E-state index contributed by atoms with van der Waals surface area (Å²) in [5.74, 6) is -0.299. The van der Waals surface area contributed by atoms with Crippen LogP contribution in [-0.4, -0.2) is 46.0 Å². The van der Waals surface area contributed by atoms with Crippen LogP contribution in [0.3, 0.4) is 0 Å². The lowest BCUT2D eigenvalue weighted by atomic mass is 10.0. The molecule has 1 heterocycles. The molecule has 1 aromatic heterocycles. The van der Waals surface area contributed by atoms with Crippen molar-refractivity contribution in [2.24, 2.45) is 0 Å². The van der Waals surface area contributed by atoms with Gasteiger partial charge >= 0.3 is 6.09 Å². The third kappa shape index (κ3) is 9.59. The summed E-state index contributed by atoms with van der Waals surface area (Å²) in [5, 5.41) is 5.72. The van der Waals surface area contributed by atoms with E-state index in [1.54, 1.807) is 62.6 Å². The quantitative estimate of drug-likeness (QED) is 0.108. The molecule has 13 heteroatoms. The monoisotopic (exact) mass is 679 g/mol. The highest BCUT2D eigenvalue weighted by Gasteiger charge is 2.22. The molecule has 2 amide bonds. The van der Waals surface area contributed by atoms with E-state index in [1.807, 2.05) is 0 Å². The largest absolute Gasteiger partial charge is 0.444 e. The Hall–Kier alpha value is -4.33. The van der Waals surface area contributed by atoms with Crippen LogP contribution in [0, 0.1) is 17.5 Å². The molecule has 3 N–H and O–H groups in total. The second-order valence-electron chi connectivity index (χ2n) is 13.3. The van der Waals surface area contributed by atoms with E-state index >= 15 is 0 Å². The van der Waals surface area contributed by atoms with E-state index in [2.05, 4.69) is 35.3 Å². The zero-order valence-corrected chi connectivity index (χ0v) is 29.6. The van der Waals surface area contributed by atoms with E-state index in [1.165, 1.54) is 42.6 Å². The average molecular weight is 680 g/mol. The second kappa shape index (κ2) is 14.2. The van der Waals surface area contributed by atoms with E-state index in [0.717, 1.165) is 6.04 Å². The van der Waals surface area contributed by atoms with Crippen LogP contribution in [0.5, 0.6) is 0 Å². The predicted molar refractivity (Wildman–Crippen MR) is 185 cm³/mol. The summed E-state index contributed by atoms with van der Waals surface area (Å²) in [6.07, 6.45) is 0.730. The Kier molecular flexibility index (Phi) is 10.7. The van der Waals surface area contributed by atoms with Gasteiger partial charge in [-0.2, -0.15) is 0 Å². The standard InChI is InChI=1S/C34H42FN5O5SSi/c1-23-37-21-31(40(23)22-44-18-19-47(5,6)7)46(36,43)28-15-10-25(11-16-28)32(41)38-30-20-26(24-8-13-27(35)14-9-24)12-17-29(30)39-33(42)45-34(2,3)4/h8-17,20-21,36H,18-19,22H2,1-7H3,(H,38,41)(H,39,42). The summed E-state index contributed by atoms with van der Waals surface area (Å²) in [4.78, 5) is 30.5. The lowest BCUT2D eigenvalue weighted by molar-refractivity contribution is 0.0635. The molecule has 47 heavy (non-hydrogen) atoms. The number of carbonyl (C=O) groups is 2. The van der Waals surface area contributed by atoms with E-state index in [-0.39, 0.29) is 33.7 Å². The maximum absolute atomic E-state index is 13.8. The maximum atomic E-state index is 13.8. The van der Waals surface area contributed by atoms with Gasteiger partial charge in [0.15, 0.2) is 0 Å². The van der Waals surface area contributed by atoms with Crippen LogP contribution in [0.2, 0.25) is 25.7 Å². The van der Waals surface area contributed by atoms with Gasteiger partial charge in [0.1, 0.15) is 38.7 Å². The first-order valence-corrected chi connectivity index (χ1v) is 20.4. The van der Waals surface area contributed by atoms with Crippen LogP contribution in [-0.2, 0) is 25.9 Å². The molecule has 10 nitrogen and oxygen atoms in total. The number of rotatable bonds is 11. The molecule has 4 aromatic rings. The Labute approximate surface area is 276 Å². The van der Waals surface area contributed by atoms with Gasteiger partial charge in [0.25, 0.3) is 5.91 Å². The molecule has 0 spiro atoms. The van der Waals surface area contributed by atoms with E-state index < -0.39 is 35.4 Å². The molecule has 0 aliphatic rings. The fraction of sp³-hybridized carbons (Fsp3) is 0.324. The zero-order valence-electron chi connectivity index (χ0n) is 27.8. The van der Waals surface area contributed by atoms with Crippen LogP contribution < -0.4 is 10.6 Å². The Morgan fingerprint density at radius 3 is 2.21 bits per heavy atom. The van der Waals surface area contributed by atoms with Crippen molar-refractivity contribution in [3.8, 4) is 11.1 Å². The fourth-order valence-corrected chi connectivity index (χ4v) is 6.69. The number of ether oxygens (including phenoxy) is 2. The first kappa shape index (κ1) is 35.5. The molecule has 0 aliphatic heterocycles. The van der Waals surface area contributed by atoms with Crippen molar-refractivity contribution in [2.45, 2.75) is 75.6 Å². The lowest BCUT2D eigenvalue weighted by Gasteiger charge is -2.21. The summed E-state index contributed by atoms with van der Waals surface area (Å²) >= 11 is 0. The Balaban J connectivity index is 1.56. The molecule has 0 radical (unpaired) electrons. The van der Waals surface area contributed by atoms with Crippen molar-refractivity contribution in [1.82, 2.24) is 9.55 Å². The van der Waals surface area contributed by atoms with Crippen LogP contribution in [0.15, 0.2) is 82.8 Å². The van der Waals surface area contributed by atoms with Gasteiger partial charge in [-0.25, -0.2) is 23.2 Å². The Bertz CT molecular complexity index is 1850. The Morgan fingerprint density at radius 2 is 1.60 bits per heavy atom. The number of imidazole rings is 1. The molecular weight excluding hydrogens is 638 g/mol. The number of anilines is 2. The minimum absolute atomic E-state index is 0.138. The van der Waals surface area contributed by atoms with Gasteiger partial charge in [-0.1, -0.05) is 37.8 Å². The summed E-state index contributed by atoms with van der Waals surface area (Å²) < 4.78 is 49.1. The van der Waals surface area contributed by atoms with Crippen molar-refractivity contribution in [2.75, 3.05) is 17.2 Å². The Morgan fingerprint density at radius 1 is 0.957 bits per heavy atom. The summed E-state index contributed by atoms with van der Waals surface area (Å²) in [6.45, 7) is 14.5. The number of amides is 2. The highest BCUT2D eigenvalue weighted by Crippen LogP contribution is 2.31. The molecule has 3 aromatic carbocycles. The molecule has 1 unspecified atom stereocenters. The van der Waals surface area contributed by atoms with Crippen molar-refractivity contribution in [3.05, 3.63) is 90.1 Å². The van der Waals surface area contributed by atoms with Crippen LogP contribution >= 0.6 is 0 Å². The summed E-state index contributed by atoms with van der Waals surface area (Å²) in [6, 6.07) is 17.8. The number of carbonyl (C=O) groups excluding carboxylic acids is 2. The minimum Gasteiger partial charge on any atom is -0.444 e. The van der Waals surface area contributed by atoms with Crippen molar-refractivity contribution in [1.29, 1.82) is 4.78 Å². The first-order chi connectivity index (χ1) is 21.9. The van der Waals surface area contributed by atoms with E-state index in [4.69, 9.17) is 14.3 Å². The van der Waals surface area contributed by atoms with Gasteiger partial charge < -0.3 is 14.8 Å². The number of hydrogen-bond donors (Lipinski definition) is 3.